The van der Waals surface area contributed by atoms with Crippen LogP contribution in [-0.4, -0.2) is 28.6 Å². The van der Waals surface area contributed by atoms with Gasteiger partial charge in [-0.15, -0.1) is 0 Å². The molecule has 8 heteroatoms. The van der Waals surface area contributed by atoms with Crippen LogP contribution in [0.4, 0.5) is 0 Å². The predicted molar refractivity (Wildman–Crippen MR) is 161 cm³/mol. The van der Waals surface area contributed by atoms with Gasteiger partial charge >= 0.3 is 0 Å². The number of aromatic nitrogens is 2. The number of aryl methyl sites for hydroxylation is 1. The highest BCUT2D eigenvalue weighted by Gasteiger charge is 2.19. The number of hydrogen-bond donors (Lipinski definition) is 0. The van der Waals surface area contributed by atoms with E-state index in [1.165, 1.54) is 4.68 Å². The molecule has 204 valence electrons. The lowest BCUT2D eigenvalue weighted by molar-refractivity contribution is 0.218. The molecule has 0 bridgehead atoms. The molecule has 0 spiro atoms. The molecule has 0 aliphatic rings. The Hall–Kier alpha value is -3.35. The van der Waals surface area contributed by atoms with Crippen LogP contribution in [0.15, 0.2) is 58.4 Å². The van der Waals surface area contributed by atoms with Gasteiger partial charge in [0, 0.05) is 5.56 Å². The zero-order valence-corrected chi connectivity index (χ0v) is 24.6. The fraction of sp³-hybridized carbons (Fsp3) is 0.323. The molecule has 0 radical (unpaired) electrons. The molecular formula is C31H33Cl2N3O3. The number of ether oxygens (including phenoxy) is 2. The Balaban J connectivity index is 1.89. The molecule has 1 heterocycles. The van der Waals surface area contributed by atoms with Crippen molar-refractivity contribution in [1.29, 1.82) is 0 Å². The average molecular weight is 567 g/mol. The van der Waals surface area contributed by atoms with E-state index in [2.05, 4.69) is 18.9 Å². The lowest BCUT2D eigenvalue weighted by Crippen LogP contribution is -2.21. The van der Waals surface area contributed by atoms with E-state index in [1.54, 1.807) is 24.4 Å². The molecule has 4 aromatic rings. The third-order valence-electron chi connectivity index (χ3n) is 6.51. The van der Waals surface area contributed by atoms with Gasteiger partial charge in [-0.1, -0.05) is 56.1 Å². The minimum Gasteiger partial charge on any atom is -0.494 e. The molecule has 1 atom stereocenters. The Morgan fingerprint density at radius 3 is 2.38 bits per heavy atom. The second kappa shape index (κ2) is 12.2. The highest BCUT2D eigenvalue weighted by molar-refractivity contribution is 6.37. The first-order valence-corrected chi connectivity index (χ1v) is 13.9. The van der Waals surface area contributed by atoms with Crippen LogP contribution in [-0.2, 0) is 0 Å². The molecule has 3 aromatic carbocycles. The fourth-order valence-electron chi connectivity index (χ4n) is 4.25. The topological polar surface area (TPSA) is 65.7 Å². The molecule has 39 heavy (non-hydrogen) atoms. The summed E-state index contributed by atoms with van der Waals surface area (Å²) in [5, 5.41) is 5.81. The summed E-state index contributed by atoms with van der Waals surface area (Å²) in [7, 11) is 0. The summed E-state index contributed by atoms with van der Waals surface area (Å²) >= 11 is 13.0. The van der Waals surface area contributed by atoms with Crippen molar-refractivity contribution in [2.24, 2.45) is 5.10 Å². The number of rotatable bonds is 9. The van der Waals surface area contributed by atoms with Crippen LogP contribution in [0.25, 0.3) is 22.3 Å². The third-order valence-corrected chi connectivity index (χ3v) is 7.07. The van der Waals surface area contributed by atoms with Crippen molar-refractivity contribution in [3.05, 3.63) is 85.6 Å². The summed E-state index contributed by atoms with van der Waals surface area (Å²) in [6.45, 7) is 12.7. The Morgan fingerprint density at radius 2 is 1.74 bits per heavy atom. The number of para-hydroxylation sites is 1. The molecule has 1 aromatic heterocycles. The maximum absolute atomic E-state index is 13.7. The quantitative estimate of drug-likeness (QED) is 0.191. The van der Waals surface area contributed by atoms with Crippen molar-refractivity contribution in [2.45, 2.75) is 60.0 Å². The first-order chi connectivity index (χ1) is 18.6. The molecular weight excluding hydrogens is 533 g/mol. The van der Waals surface area contributed by atoms with E-state index in [-0.39, 0.29) is 17.6 Å². The van der Waals surface area contributed by atoms with Crippen LogP contribution in [0.1, 0.15) is 63.6 Å². The summed E-state index contributed by atoms with van der Waals surface area (Å²) in [6.07, 6.45) is 2.34. The van der Waals surface area contributed by atoms with Gasteiger partial charge in [-0.05, 0) is 86.2 Å². The molecule has 4 rings (SSSR count). The molecule has 0 unspecified atom stereocenters. The van der Waals surface area contributed by atoms with Crippen LogP contribution in [0.2, 0.25) is 10.0 Å². The van der Waals surface area contributed by atoms with Crippen LogP contribution < -0.4 is 15.0 Å². The summed E-state index contributed by atoms with van der Waals surface area (Å²) in [5.74, 6) is 1.90. The minimum absolute atomic E-state index is 0.0302. The number of hydrogen-bond acceptors (Lipinski definition) is 5. The van der Waals surface area contributed by atoms with E-state index in [0.29, 0.717) is 44.7 Å². The molecule has 0 fully saturated rings. The van der Waals surface area contributed by atoms with E-state index in [4.69, 9.17) is 37.7 Å². The Kier molecular flexibility index (Phi) is 8.98. The number of nitrogens with zero attached hydrogens (tertiary/aromatic N) is 3. The van der Waals surface area contributed by atoms with Gasteiger partial charge in [0.2, 0.25) is 0 Å². The SMILES string of the molecule is CCOc1cc(C)c(-c2nc3ccccc3c(=O)n2N=Cc2cc(Cl)c(O[C@@H](C)CC)c(Cl)c2)cc1C(C)C. The number of fused-ring (bicyclic) bond motifs is 1. The van der Waals surface area contributed by atoms with Crippen molar-refractivity contribution in [3.63, 3.8) is 0 Å². The largest absolute Gasteiger partial charge is 0.494 e. The van der Waals surface area contributed by atoms with Crippen molar-refractivity contribution in [2.75, 3.05) is 6.61 Å². The third kappa shape index (κ3) is 6.13. The lowest BCUT2D eigenvalue weighted by Gasteiger charge is -2.18. The van der Waals surface area contributed by atoms with Crippen molar-refractivity contribution >= 4 is 40.3 Å². The molecule has 0 saturated carbocycles. The summed E-state index contributed by atoms with van der Waals surface area (Å²) in [4.78, 5) is 18.6. The standard InChI is InChI=1S/C31H33Cl2N3O3/c1-7-20(6)39-29-25(32)14-21(15-26(29)33)17-34-36-30(35-27-12-10-9-11-22(27)31(36)37)24-16-23(18(3)4)28(38-8-2)13-19(24)5/h9-18,20H,7-8H2,1-6H3/t20-/m0/s1. The van der Waals surface area contributed by atoms with Gasteiger partial charge in [-0.3, -0.25) is 4.79 Å². The monoisotopic (exact) mass is 565 g/mol. The molecule has 0 aliphatic carbocycles. The second-order valence-corrected chi connectivity index (χ2v) is 10.6. The Labute approximate surface area is 239 Å². The van der Waals surface area contributed by atoms with Crippen LogP contribution in [0, 0.1) is 6.92 Å². The zero-order chi connectivity index (χ0) is 28.3. The minimum atomic E-state index is -0.278. The predicted octanol–water partition coefficient (Wildman–Crippen LogP) is 8.26. The van der Waals surface area contributed by atoms with E-state index in [9.17, 15) is 4.79 Å². The smallest absolute Gasteiger partial charge is 0.282 e. The zero-order valence-electron chi connectivity index (χ0n) is 23.1. The van der Waals surface area contributed by atoms with Gasteiger partial charge in [0.1, 0.15) is 5.75 Å². The Morgan fingerprint density at radius 1 is 1.05 bits per heavy atom. The van der Waals surface area contributed by atoms with Crippen LogP contribution in [0.5, 0.6) is 11.5 Å². The molecule has 0 saturated heterocycles. The van der Waals surface area contributed by atoms with Gasteiger partial charge in [0.25, 0.3) is 5.56 Å². The van der Waals surface area contributed by atoms with Gasteiger partial charge in [0.05, 0.1) is 39.9 Å². The lowest BCUT2D eigenvalue weighted by atomic mass is 9.96. The average Bonchev–Trinajstić information content (AvgIpc) is 2.90. The second-order valence-electron chi connectivity index (χ2n) is 9.76. The van der Waals surface area contributed by atoms with Gasteiger partial charge in [-0.2, -0.15) is 9.78 Å². The van der Waals surface area contributed by atoms with Crippen LogP contribution >= 0.6 is 23.2 Å². The van der Waals surface area contributed by atoms with Gasteiger partial charge in [0.15, 0.2) is 11.6 Å². The number of benzene rings is 3. The van der Waals surface area contributed by atoms with Crippen LogP contribution in [0.3, 0.4) is 0 Å². The van der Waals surface area contributed by atoms with E-state index in [0.717, 1.165) is 28.9 Å². The molecule has 0 aliphatic heterocycles. The van der Waals surface area contributed by atoms with Gasteiger partial charge < -0.3 is 9.47 Å². The van der Waals surface area contributed by atoms with E-state index in [1.807, 2.05) is 58.0 Å². The summed E-state index contributed by atoms with van der Waals surface area (Å²) < 4.78 is 13.1. The van der Waals surface area contributed by atoms with Crippen molar-refractivity contribution < 1.29 is 9.47 Å². The number of halogens is 2. The first kappa shape index (κ1) is 28.7. The maximum Gasteiger partial charge on any atom is 0.282 e. The van der Waals surface area contributed by atoms with E-state index < -0.39 is 0 Å². The normalized spacial score (nSPS) is 12.4. The molecule has 0 amide bonds. The van der Waals surface area contributed by atoms with Crippen molar-refractivity contribution in [1.82, 2.24) is 9.66 Å². The van der Waals surface area contributed by atoms with E-state index >= 15 is 0 Å². The van der Waals surface area contributed by atoms with Crippen molar-refractivity contribution in [3.8, 4) is 22.9 Å². The highest BCUT2D eigenvalue weighted by atomic mass is 35.5. The summed E-state index contributed by atoms with van der Waals surface area (Å²) in [5.41, 5.74) is 3.70. The maximum atomic E-state index is 13.7. The molecule has 0 N–H and O–H groups in total. The molecule has 6 nitrogen and oxygen atoms in total. The Bertz CT molecular complexity index is 1570. The van der Waals surface area contributed by atoms with Gasteiger partial charge in [-0.25, -0.2) is 4.98 Å². The first-order valence-electron chi connectivity index (χ1n) is 13.1. The summed E-state index contributed by atoms with van der Waals surface area (Å²) in [6, 6.07) is 14.7. The fourth-order valence-corrected chi connectivity index (χ4v) is 4.84. The highest BCUT2D eigenvalue weighted by Crippen LogP contribution is 2.36.